The van der Waals surface area contributed by atoms with Crippen LogP contribution in [-0.4, -0.2) is 16.0 Å². The zero-order chi connectivity index (χ0) is 14.7. The molecule has 20 heavy (non-hydrogen) atoms. The van der Waals surface area contributed by atoms with E-state index in [4.69, 9.17) is 5.11 Å². The van der Waals surface area contributed by atoms with E-state index in [9.17, 15) is 19.3 Å². The van der Waals surface area contributed by atoms with Crippen LogP contribution >= 0.6 is 11.3 Å². The molecule has 0 bridgehead atoms. The molecule has 1 heterocycles. The fourth-order valence-electron chi connectivity index (χ4n) is 1.61. The summed E-state index contributed by atoms with van der Waals surface area (Å²) in [6, 6.07) is 3.38. The maximum atomic E-state index is 13.7. The van der Waals surface area contributed by atoms with Gasteiger partial charge in [0, 0.05) is 6.54 Å². The molecular weight excluding hydrogens is 287 g/mol. The van der Waals surface area contributed by atoms with Crippen LogP contribution in [0.1, 0.15) is 15.9 Å². The summed E-state index contributed by atoms with van der Waals surface area (Å²) in [5.41, 5.74) is -0.496. The van der Waals surface area contributed by atoms with Gasteiger partial charge in [-0.2, -0.15) is 11.3 Å². The van der Waals surface area contributed by atoms with Crippen LogP contribution in [0.15, 0.2) is 29.0 Å². The van der Waals surface area contributed by atoms with Crippen molar-refractivity contribution in [2.24, 2.45) is 0 Å². The van der Waals surface area contributed by atoms with Gasteiger partial charge in [0.05, 0.1) is 16.7 Å². The first-order valence-corrected chi connectivity index (χ1v) is 6.39. The lowest BCUT2D eigenvalue weighted by Crippen LogP contribution is -2.07. The molecule has 1 aromatic heterocycles. The standard InChI is InChI=1S/C12H9FN2O4S/c13-9-4-11(15(18)19)8(12(16)17)3-10(9)14-5-7-1-2-20-6-7/h1-4,6,14H,5H2,(H,16,17). The Hall–Kier alpha value is -2.48. The van der Waals surface area contributed by atoms with Crippen LogP contribution in [0.3, 0.4) is 0 Å². The number of benzene rings is 1. The van der Waals surface area contributed by atoms with E-state index in [1.165, 1.54) is 11.3 Å². The van der Waals surface area contributed by atoms with Crippen LogP contribution in [-0.2, 0) is 6.54 Å². The quantitative estimate of drug-likeness (QED) is 0.653. The van der Waals surface area contributed by atoms with E-state index in [2.05, 4.69) is 5.32 Å². The highest BCUT2D eigenvalue weighted by atomic mass is 32.1. The number of nitrogens with one attached hydrogen (secondary N) is 1. The SMILES string of the molecule is O=C(O)c1cc(NCc2ccsc2)c(F)cc1[N+](=O)[O-]. The number of nitro groups is 1. The predicted molar refractivity (Wildman–Crippen MR) is 71.7 cm³/mol. The lowest BCUT2D eigenvalue weighted by Gasteiger charge is -2.08. The maximum absolute atomic E-state index is 13.7. The van der Waals surface area contributed by atoms with Gasteiger partial charge < -0.3 is 10.4 Å². The Labute approximate surface area is 116 Å². The molecule has 0 aliphatic heterocycles. The highest BCUT2D eigenvalue weighted by Gasteiger charge is 2.23. The number of carbonyl (C=O) groups is 1. The van der Waals surface area contributed by atoms with Crippen molar-refractivity contribution in [1.82, 2.24) is 0 Å². The molecule has 0 fully saturated rings. The van der Waals surface area contributed by atoms with Crippen molar-refractivity contribution in [3.05, 3.63) is 56.0 Å². The Morgan fingerprint density at radius 2 is 2.25 bits per heavy atom. The third-order valence-electron chi connectivity index (χ3n) is 2.58. The molecule has 8 heteroatoms. The van der Waals surface area contributed by atoms with Crippen molar-refractivity contribution in [3.63, 3.8) is 0 Å². The van der Waals surface area contributed by atoms with Crippen LogP contribution in [0.2, 0.25) is 0 Å². The van der Waals surface area contributed by atoms with Crippen molar-refractivity contribution >= 4 is 28.7 Å². The van der Waals surface area contributed by atoms with Crippen LogP contribution in [0, 0.1) is 15.9 Å². The Bertz CT molecular complexity index is 658. The van der Waals surface area contributed by atoms with Gasteiger partial charge >= 0.3 is 5.97 Å². The van der Waals surface area contributed by atoms with Gasteiger partial charge in [-0.05, 0) is 28.5 Å². The molecule has 0 saturated carbocycles. The highest BCUT2D eigenvalue weighted by Crippen LogP contribution is 2.26. The molecule has 0 saturated heterocycles. The Morgan fingerprint density at radius 1 is 1.50 bits per heavy atom. The van der Waals surface area contributed by atoms with Gasteiger partial charge in [0.2, 0.25) is 0 Å². The summed E-state index contributed by atoms with van der Waals surface area (Å²) in [5.74, 6) is -2.34. The summed E-state index contributed by atoms with van der Waals surface area (Å²) in [6.07, 6.45) is 0. The zero-order valence-corrected chi connectivity index (χ0v) is 10.8. The third kappa shape index (κ3) is 2.91. The molecule has 1 aromatic carbocycles. The monoisotopic (exact) mass is 296 g/mol. The van der Waals surface area contributed by atoms with Gasteiger partial charge in [0.15, 0.2) is 5.82 Å². The molecule has 6 nitrogen and oxygen atoms in total. The zero-order valence-electron chi connectivity index (χ0n) is 10.00. The number of hydrogen-bond donors (Lipinski definition) is 2. The van der Waals surface area contributed by atoms with E-state index in [1.54, 1.807) is 0 Å². The van der Waals surface area contributed by atoms with Crippen LogP contribution in [0.4, 0.5) is 15.8 Å². The molecule has 2 aromatic rings. The second kappa shape index (κ2) is 5.66. The summed E-state index contributed by atoms with van der Waals surface area (Å²) in [4.78, 5) is 20.7. The molecule has 2 rings (SSSR count). The van der Waals surface area contributed by atoms with Crippen molar-refractivity contribution in [1.29, 1.82) is 0 Å². The van der Waals surface area contributed by atoms with Gasteiger partial charge in [0.25, 0.3) is 5.69 Å². The van der Waals surface area contributed by atoms with E-state index >= 15 is 0 Å². The number of anilines is 1. The van der Waals surface area contributed by atoms with E-state index < -0.39 is 28.0 Å². The van der Waals surface area contributed by atoms with Gasteiger partial charge in [-0.3, -0.25) is 10.1 Å². The second-order valence-corrected chi connectivity index (χ2v) is 4.68. The Balaban J connectivity index is 2.31. The number of halogens is 1. The molecule has 0 aliphatic carbocycles. The van der Waals surface area contributed by atoms with Gasteiger partial charge in [-0.25, -0.2) is 9.18 Å². The molecule has 0 aliphatic rings. The average Bonchev–Trinajstić information content (AvgIpc) is 2.89. The first-order chi connectivity index (χ1) is 9.49. The van der Waals surface area contributed by atoms with Crippen molar-refractivity contribution in [3.8, 4) is 0 Å². The summed E-state index contributed by atoms with van der Waals surface area (Å²) in [6.45, 7) is 0.303. The molecule has 0 amide bonds. The number of aromatic carboxylic acids is 1. The van der Waals surface area contributed by atoms with Gasteiger partial charge in [-0.1, -0.05) is 0 Å². The van der Waals surface area contributed by atoms with E-state index in [-0.39, 0.29) is 5.69 Å². The molecule has 0 radical (unpaired) electrons. The van der Waals surface area contributed by atoms with E-state index in [0.717, 1.165) is 11.6 Å². The number of thiophene rings is 1. The largest absolute Gasteiger partial charge is 0.477 e. The van der Waals surface area contributed by atoms with Crippen molar-refractivity contribution in [2.75, 3.05) is 5.32 Å². The summed E-state index contributed by atoms with van der Waals surface area (Å²) < 4.78 is 13.7. The number of rotatable bonds is 5. The molecule has 0 unspecified atom stereocenters. The number of nitro benzene ring substituents is 1. The molecular formula is C12H9FN2O4S. The lowest BCUT2D eigenvalue weighted by atomic mass is 10.1. The number of carboxylic acids is 1. The average molecular weight is 296 g/mol. The molecule has 2 N–H and O–H groups in total. The number of hydrogen-bond acceptors (Lipinski definition) is 5. The van der Waals surface area contributed by atoms with E-state index in [0.29, 0.717) is 12.6 Å². The number of carboxylic acid groups (broad SMARTS) is 1. The minimum absolute atomic E-state index is 0.0841. The van der Waals surface area contributed by atoms with Crippen LogP contribution in [0.5, 0.6) is 0 Å². The minimum atomic E-state index is -1.48. The minimum Gasteiger partial charge on any atom is -0.477 e. The summed E-state index contributed by atoms with van der Waals surface area (Å²) >= 11 is 1.48. The van der Waals surface area contributed by atoms with Crippen molar-refractivity contribution < 1.29 is 19.2 Å². The normalized spacial score (nSPS) is 10.2. The second-order valence-electron chi connectivity index (χ2n) is 3.90. The molecule has 0 spiro atoms. The fourth-order valence-corrected chi connectivity index (χ4v) is 2.28. The van der Waals surface area contributed by atoms with Gasteiger partial charge in [0.1, 0.15) is 5.56 Å². The number of nitrogens with zero attached hydrogens (tertiary/aromatic N) is 1. The highest BCUT2D eigenvalue weighted by molar-refractivity contribution is 7.07. The first-order valence-electron chi connectivity index (χ1n) is 5.45. The van der Waals surface area contributed by atoms with Crippen molar-refractivity contribution in [2.45, 2.75) is 6.54 Å². The maximum Gasteiger partial charge on any atom is 0.342 e. The topological polar surface area (TPSA) is 92.5 Å². The Morgan fingerprint density at radius 3 is 2.80 bits per heavy atom. The Kier molecular flexibility index (Phi) is 3.94. The fraction of sp³-hybridized carbons (Fsp3) is 0.0833. The lowest BCUT2D eigenvalue weighted by molar-refractivity contribution is -0.385. The summed E-state index contributed by atoms with van der Waals surface area (Å²) in [5, 5.41) is 26.1. The smallest absolute Gasteiger partial charge is 0.342 e. The van der Waals surface area contributed by atoms with Gasteiger partial charge in [-0.15, -0.1) is 0 Å². The molecule has 104 valence electrons. The first kappa shape index (κ1) is 13.9. The van der Waals surface area contributed by atoms with Crippen LogP contribution in [0.25, 0.3) is 0 Å². The predicted octanol–water partition coefficient (Wildman–Crippen LogP) is 3.11. The van der Waals surface area contributed by atoms with E-state index in [1.807, 2.05) is 16.8 Å². The summed E-state index contributed by atoms with van der Waals surface area (Å²) in [7, 11) is 0. The third-order valence-corrected chi connectivity index (χ3v) is 3.31. The molecule has 0 atom stereocenters. The van der Waals surface area contributed by atoms with Crippen LogP contribution < -0.4 is 5.32 Å².